The molecule has 1 aromatic heterocycles. The summed E-state index contributed by atoms with van der Waals surface area (Å²) >= 11 is 3.44. The van der Waals surface area contributed by atoms with Crippen LogP contribution in [0, 0.1) is 0 Å². The molecule has 4 heteroatoms. The summed E-state index contributed by atoms with van der Waals surface area (Å²) < 4.78 is 3.03. The van der Waals surface area contributed by atoms with E-state index in [0.29, 0.717) is 0 Å². The van der Waals surface area contributed by atoms with Crippen molar-refractivity contribution in [2.24, 2.45) is 0 Å². The van der Waals surface area contributed by atoms with Crippen LogP contribution in [0.3, 0.4) is 0 Å². The smallest absolute Gasteiger partial charge is 0.0659 e. The monoisotopic (exact) mass is 327 g/mol. The standard InChI is InChI=1S/C16H14BrN3/c17-15-5-1-12(2-6-15)10-20-11-14(9-19-20)13-3-7-16(18)8-4-13/h1-9,11H,10,18H2. The van der Waals surface area contributed by atoms with Crippen molar-refractivity contribution in [1.29, 1.82) is 0 Å². The third-order valence-corrected chi connectivity index (χ3v) is 3.66. The van der Waals surface area contributed by atoms with Gasteiger partial charge in [0, 0.05) is 21.9 Å². The average molecular weight is 328 g/mol. The zero-order valence-corrected chi connectivity index (χ0v) is 12.4. The summed E-state index contributed by atoms with van der Waals surface area (Å²) in [5, 5.41) is 4.41. The van der Waals surface area contributed by atoms with Crippen LogP contribution in [0.1, 0.15) is 5.56 Å². The molecular formula is C16H14BrN3. The number of nitrogens with zero attached hydrogens (tertiary/aromatic N) is 2. The molecule has 2 aromatic carbocycles. The van der Waals surface area contributed by atoms with Crippen LogP contribution < -0.4 is 5.73 Å². The Balaban J connectivity index is 1.80. The maximum atomic E-state index is 5.70. The van der Waals surface area contributed by atoms with Crippen molar-refractivity contribution in [1.82, 2.24) is 9.78 Å². The summed E-state index contributed by atoms with van der Waals surface area (Å²) in [5.74, 6) is 0. The molecule has 1 heterocycles. The van der Waals surface area contributed by atoms with Gasteiger partial charge < -0.3 is 5.73 Å². The van der Waals surface area contributed by atoms with Gasteiger partial charge in [0.1, 0.15) is 0 Å². The van der Waals surface area contributed by atoms with E-state index in [0.717, 1.165) is 27.8 Å². The van der Waals surface area contributed by atoms with Gasteiger partial charge in [-0.3, -0.25) is 4.68 Å². The van der Waals surface area contributed by atoms with Crippen molar-refractivity contribution in [2.45, 2.75) is 6.54 Å². The Hall–Kier alpha value is -2.07. The summed E-state index contributed by atoms with van der Waals surface area (Å²) in [7, 11) is 0. The van der Waals surface area contributed by atoms with Crippen molar-refractivity contribution in [3.05, 3.63) is 71.0 Å². The SMILES string of the molecule is Nc1ccc(-c2cnn(Cc3ccc(Br)cc3)c2)cc1. The van der Waals surface area contributed by atoms with Gasteiger partial charge in [-0.05, 0) is 35.4 Å². The second-order valence-electron chi connectivity index (χ2n) is 4.68. The normalized spacial score (nSPS) is 10.7. The lowest BCUT2D eigenvalue weighted by atomic mass is 10.1. The summed E-state index contributed by atoms with van der Waals surface area (Å²) in [5.41, 5.74) is 9.92. The first-order chi connectivity index (χ1) is 9.70. The van der Waals surface area contributed by atoms with E-state index < -0.39 is 0 Å². The fourth-order valence-electron chi connectivity index (χ4n) is 2.05. The van der Waals surface area contributed by atoms with Crippen LogP contribution in [0.4, 0.5) is 5.69 Å². The molecule has 0 radical (unpaired) electrons. The second-order valence-corrected chi connectivity index (χ2v) is 5.59. The van der Waals surface area contributed by atoms with Crippen LogP contribution in [0.15, 0.2) is 65.4 Å². The predicted octanol–water partition coefficient (Wildman–Crippen LogP) is 3.94. The minimum atomic E-state index is 0.766. The molecule has 0 aliphatic carbocycles. The number of nitrogens with two attached hydrogens (primary N) is 1. The number of nitrogen functional groups attached to an aromatic ring is 1. The highest BCUT2D eigenvalue weighted by Crippen LogP contribution is 2.20. The van der Waals surface area contributed by atoms with Crippen LogP contribution in [0.5, 0.6) is 0 Å². The van der Waals surface area contributed by atoms with Gasteiger partial charge in [0.05, 0.1) is 12.7 Å². The molecule has 0 atom stereocenters. The average Bonchev–Trinajstić information content (AvgIpc) is 2.91. The van der Waals surface area contributed by atoms with E-state index in [1.807, 2.05) is 53.5 Å². The van der Waals surface area contributed by atoms with Crippen molar-refractivity contribution >= 4 is 21.6 Å². The van der Waals surface area contributed by atoms with E-state index in [4.69, 9.17) is 5.73 Å². The first-order valence-corrected chi connectivity index (χ1v) is 7.13. The zero-order chi connectivity index (χ0) is 13.9. The van der Waals surface area contributed by atoms with Crippen molar-refractivity contribution in [3.63, 3.8) is 0 Å². The molecular weight excluding hydrogens is 314 g/mol. The third kappa shape index (κ3) is 2.91. The summed E-state index contributed by atoms with van der Waals surface area (Å²) in [4.78, 5) is 0. The van der Waals surface area contributed by atoms with Crippen LogP contribution in [-0.4, -0.2) is 9.78 Å². The molecule has 100 valence electrons. The van der Waals surface area contributed by atoms with Gasteiger partial charge in [0.15, 0.2) is 0 Å². The van der Waals surface area contributed by atoms with Crippen LogP contribution in [-0.2, 0) is 6.54 Å². The molecule has 0 saturated carbocycles. The predicted molar refractivity (Wildman–Crippen MR) is 85.3 cm³/mol. The second kappa shape index (κ2) is 5.51. The first-order valence-electron chi connectivity index (χ1n) is 6.33. The number of benzene rings is 2. The van der Waals surface area contributed by atoms with Gasteiger partial charge >= 0.3 is 0 Å². The van der Waals surface area contributed by atoms with E-state index in [-0.39, 0.29) is 0 Å². The molecule has 0 fully saturated rings. The Kier molecular flexibility index (Phi) is 3.56. The molecule has 0 saturated heterocycles. The topological polar surface area (TPSA) is 43.8 Å². The minimum absolute atomic E-state index is 0.766. The Bertz CT molecular complexity index is 699. The number of hydrogen-bond donors (Lipinski definition) is 1. The molecule has 0 spiro atoms. The van der Waals surface area contributed by atoms with Crippen molar-refractivity contribution in [2.75, 3.05) is 5.73 Å². The van der Waals surface area contributed by atoms with Crippen LogP contribution in [0.25, 0.3) is 11.1 Å². The van der Waals surface area contributed by atoms with Crippen molar-refractivity contribution < 1.29 is 0 Å². The Labute approximate surface area is 126 Å². The maximum absolute atomic E-state index is 5.70. The Morgan fingerprint density at radius 1 is 0.950 bits per heavy atom. The Morgan fingerprint density at radius 3 is 2.35 bits per heavy atom. The van der Waals surface area contributed by atoms with Gasteiger partial charge in [-0.2, -0.15) is 5.10 Å². The lowest BCUT2D eigenvalue weighted by Crippen LogP contribution is -1.99. The molecule has 3 rings (SSSR count). The van der Waals surface area contributed by atoms with E-state index in [1.54, 1.807) is 0 Å². The molecule has 20 heavy (non-hydrogen) atoms. The van der Waals surface area contributed by atoms with E-state index in [1.165, 1.54) is 5.56 Å². The van der Waals surface area contributed by atoms with Gasteiger partial charge in [-0.15, -0.1) is 0 Å². The number of rotatable bonds is 3. The lowest BCUT2D eigenvalue weighted by Gasteiger charge is -2.02. The summed E-state index contributed by atoms with van der Waals surface area (Å²) in [6.07, 6.45) is 3.93. The van der Waals surface area contributed by atoms with Gasteiger partial charge in [0.25, 0.3) is 0 Å². The highest BCUT2D eigenvalue weighted by molar-refractivity contribution is 9.10. The molecule has 3 nitrogen and oxygen atoms in total. The quantitative estimate of drug-likeness (QED) is 0.740. The minimum Gasteiger partial charge on any atom is -0.399 e. The zero-order valence-electron chi connectivity index (χ0n) is 10.8. The number of halogens is 1. The summed E-state index contributed by atoms with van der Waals surface area (Å²) in [6.45, 7) is 0.766. The fraction of sp³-hybridized carbons (Fsp3) is 0.0625. The lowest BCUT2D eigenvalue weighted by molar-refractivity contribution is 0.687. The molecule has 0 bridgehead atoms. The number of aromatic nitrogens is 2. The highest BCUT2D eigenvalue weighted by Gasteiger charge is 2.02. The third-order valence-electron chi connectivity index (χ3n) is 3.14. The Morgan fingerprint density at radius 2 is 1.65 bits per heavy atom. The molecule has 3 aromatic rings. The first kappa shape index (κ1) is 12.9. The van der Waals surface area contributed by atoms with Gasteiger partial charge in [-0.1, -0.05) is 40.2 Å². The van der Waals surface area contributed by atoms with E-state index in [2.05, 4.69) is 33.2 Å². The number of hydrogen-bond acceptors (Lipinski definition) is 2. The molecule has 0 aliphatic heterocycles. The van der Waals surface area contributed by atoms with Crippen molar-refractivity contribution in [3.8, 4) is 11.1 Å². The van der Waals surface area contributed by atoms with E-state index in [9.17, 15) is 0 Å². The van der Waals surface area contributed by atoms with Gasteiger partial charge in [-0.25, -0.2) is 0 Å². The molecule has 0 aliphatic rings. The van der Waals surface area contributed by atoms with Crippen LogP contribution >= 0.6 is 15.9 Å². The van der Waals surface area contributed by atoms with Crippen LogP contribution in [0.2, 0.25) is 0 Å². The fourth-order valence-corrected chi connectivity index (χ4v) is 2.32. The highest BCUT2D eigenvalue weighted by atomic mass is 79.9. The molecule has 2 N–H and O–H groups in total. The maximum Gasteiger partial charge on any atom is 0.0659 e. The molecule has 0 amide bonds. The number of anilines is 1. The largest absolute Gasteiger partial charge is 0.399 e. The van der Waals surface area contributed by atoms with E-state index >= 15 is 0 Å². The summed E-state index contributed by atoms with van der Waals surface area (Å²) in [6, 6.07) is 16.1. The van der Waals surface area contributed by atoms with Gasteiger partial charge in [0.2, 0.25) is 0 Å². The molecule has 0 unspecified atom stereocenters.